The maximum absolute atomic E-state index is 11.5. The minimum atomic E-state index is 0.0512. The number of amides is 1. The standard InChI is InChI=1S/C12H21N3O/c1-4-5-6-7-12(16)13-11-8-10(9(2)3)14-15-11/h8-9H,4-7H2,1-3H3,(H2,13,14,15,16). The summed E-state index contributed by atoms with van der Waals surface area (Å²) in [4.78, 5) is 11.5. The fourth-order valence-electron chi connectivity index (χ4n) is 1.44. The third kappa shape index (κ3) is 4.04. The summed E-state index contributed by atoms with van der Waals surface area (Å²) in [7, 11) is 0. The third-order valence-electron chi connectivity index (χ3n) is 2.49. The molecule has 0 unspecified atom stereocenters. The van der Waals surface area contributed by atoms with Gasteiger partial charge in [-0.3, -0.25) is 9.89 Å². The van der Waals surface area contributed by atoms with Crippen molar-refractivity contribution in [2.45, 2.75) is 52.4 Å². The maximum atomic E-state index is 11.5. The lowest BCUT2D eigenvalue weighted by atomic mass is 10.1. The van der Waals surface area contributed by atoms with Crippen molar-refractivity contribution >= 4 is 11.7 Å². The fraction of sp³-hybridized carbons (Fsp3) is 0.667. The molecule has 90 valence electrons. The monoisotopic (exact) mass is 223 g/mol. The molecule has 4 heteroatoms. The van der Waals surface area contributed by atoms with Gasteiger partial charge in [-0.2, -0.15) is 5.10 Å². The minimum absolute atomic E-state index is 0.0512. The number of aromatic amines is 1. The van der Waals surface area contributed by atoms with Crippen LogP contribution in [0.25, 0.3) is 0 Å². The first kappa shape index (κ1) is 12.7. The Morgan fingerprint density at radius 3 is 2.81 bits per heavy atom. The summed E-state index contributed by atoms with van der Waals surface area (Å²) in [6.07, 6.45) is 3.76. The predicted octanol–water partition coefficient (Wildman–Crippen LogP) is 3.05. The van der Waals surface area contributed by atoms with E-state index in [1.165, 1.54) is 0 Å². The zero-order valence-corrected chi connectivity index (χ0v) is 10.3. The van der Waals surface area contributed by atoms with Crippen LogP contribution in [-0.2, 0) is 4.79 Å². The van der Waals surface area contributed by atoms with E-state index in [0.29, 0.717) is 18.2 Å². The van der Waals surface area contributed by atoms with Crippen LogP contribution in [0.3, 0.4) is 0 Å². The number of carbonyl (C=O) groups excluding carboxylic acids is 1. The SMILES string of the molecule is CCCCCC(=O)Nc1cc(C(C)C)[nH]n1. The molecule has 0 aliphatic carbocycles. The first-order valence-electron chi connectivity index (χ1n) is 5.98. The van der Waals surface area contributed by atoms with Gasteiger partial charge in [0.25, 0.3) is 0 Å². The highest BCUT2D eigenvalue weighted by Crippen LogP contribution is 2.15. The summed E-state index contributed by atoms with van der Waals surface area (Å²) in [6, 6.07) is 1.89. The molecule has 2 N–H and O–H groups in total. The lowest BCUT2D eigenvalue weighted by Gasteiger charge is -2.00. The van der Waals surface area contributed by atoms with E-state index in [1.54, 1.807) is 0 Å². The number of nitrogens with one attached hydrogen (secondary N) is 2. The van der Waals surface area contributed by atoms with Crippen LogP contribution in [0.2, 0.25) is 0 Å². The highest BCUT2D eigenvalue weighted by atomic mass is 16.1. The van der Waals surface area contributed by atoms with E-state index in [0.717, 1.165) is 25.0 Å². The third-order valence-corrected chi connectivity index (χ3v) is 2.49. The largest absolute Gasteiger partial charge is 0.309 e. The molecule has 0 aliphatic rings. The van der Waals surface area contributed by atoms with Gasteiger partial charge in [0.1, 0.15) is 0 Å². The molecule has 1 heterocycles. The van der Waals surface area contributed by atoms with Gasteiger partial charge in [-0.1, -0.05) is 33.6 Å². The Morgan fingerprint density at radius 2 is 2.25 bits per heavy atom. The summed E-state index contributed by atoms with van der Waals surface area (Å²) in [5, 5.41) is 9.76. The van der Waals surface area contributed by atoms with Crippen LogP contribution in [0.4, 0.5) is 5.82 Å². The van der Waals surface area contributed by atoms with Gasteiger partial charge in [0, 0.05) is 18.2 Å². The van der Waals surface area contributed by atoms with Crippen molar-refractivity contribution in [3.8, 4) is 0 Å². The average molecular weight is 223 g/mol. The van der Waals surface area contributed by atoms with E-state index in [-0.39, 0.29) is 5.91 Å². The molecule has 0 saturated carbocycles. The van der Waals surface area contributed by atoms with Crippen molar-refractivity contribution in [3.63, 3.8) is 0 Å². The molecule has 0 radical (unpaired) electrons. The second-order valence-electron chi connectivity index (χ2n) is 4.37. The van der Waals surface area contributed by atoms with Gasteiger partial charge in [-0.15, -0.1) is 0 Å². The number of aromatic nitrogens is 2. The van der Waals surface area contributed by atoms with Gasteiger partial charge in [0.05, 0.1) is 0 Å². The Hall–Kier alpha value is -1.32. The maximum Gasteiger partial charge on any atom is 0.225 e. The Balaban J connectivity index is 2.37. The smallest absolute Gasteiger partial charge is 0.225 e. The molecular formula is C12H21N3O. The molecule has 0 fully saturated rings. The number of nitrogens with zero attached hydrogens (tertiary/aromatic N) is 1. The Labute approximate surface area is 96.8 Å². The number of carbonyl (C=O) groups is 1. The van der Waals surface area contributed by atoms with Crippen LogP contribution in [-0.4, -0.2) is 16.1 Å². The molecule has 16 heavy (non-hydrogen) atoms. The second kappa shape index (κ2) is 6.30. The van der Waals surface area contributed by atoms with Crippen LogP contribution in [0.1, 0.15) is 58.1 Å². The molecule has 1 aromatic rings. The van der Waals surface area contributed by atoms with Crippen LogP contribution < -0.4 is 5.32 Å². The van der Waals surface area contributed by atoms with Crippen molar-refractivity contribution < 1.29 is 4.79 Å². The van der Waals surface area contributed by atoms with Gasteiger partial charge in [-0.25, -0.2) is 0 Å². The molecule has 1 rings (SSSR count). The van der Waals surface area contributed by atoms with Gasteiger partial charge in [0.15, 0.2) is 5.82 Å². The van der Waals surface area contributed by atoms with E-state index in [4.69, 9.17) is 0 Å². The first-order chi connectivity index (χ1) is 7.63. The van der Waals surface area contributed by atoms with Crippen molar-refractivity contribution in [2.24, 2.45) is 0 Å². The average Bonchev–Trinajstić information content (AvgIpc) is 2.66. The number of hydrogen-bond acceptors (Lipinski definition) is 2. The van der Waals surface area contributed by atoms with Gasteiger partial charge >= 0.3 is 0 Å². The number of hydrogen-bond donors (Lipinski definition) is 2. The van der Waals surface area contributed by atoms with E-state index in [2.05, 4.69) is 36.3 Å². The summed E-state index contributed by atoms with van der Waals surface area (Å²) >= 11 is 0. The Morgan fingerprint density at radius 1 is 1.50 bits per heavy atom. The van der Waals surface area contributed by atoms with E-state index in [9.17, 15) is 4.79 Å². The van der Waals surface area contributed by atoms with Gasteiger partial charge < -0.3 is 5.32 Å². The van der Waals surface area contributed by atoms with Crippen LogP contribution >= 0.6 is 0 Å². The molecule has 0 spiro atoms. The first-order valence-corrected chi connectivity index (χ1v) is 5.98. The number of rotatable bonds is 6. The lowest BCUT2D eigenvalue weighted by molar-refractivity contribution is -0.116. The molecule has 0 aliphatic heterocycles. The molecule has 4 nitrogen and oxygen atoms in total. The Kier molecular flexibility index (Phi) is 5.02. The fourth-order valence-corrected chi connectivity index (χ4v) is 1.44. The number of unbranched alkanes of at least 4 members (excludes halogenated alkanes) is 2. The molecule has 0 atom stereocenters. The number of anilines is 1. The minimum Gasteiger partial charge on any atom is -0.309 e. The highest BCUT2D eigenvalue weighted by molar-refractivity contribution is 5.89. The van der Waals surface area contributed by atoms with Gasteiger partial charge in [-0.05, 0) is 12.3 Å². The summed E-state index contributed by atoms with van der Waals surface area (Å²) < 4.78 is 0. The normalized spacial score (nSPS) is 10.8. The quantitative estimate of drug-likeness (QED) is 0.728. The van der Waals surface area contributed by atoms with Gasteiger partial charge in [0.2, 0.25) is 5.91 Å². The summed E-state index contributed by atoms with van der Waals surface area (Å²) in [5.41, 5.74) is 1.05. The van der Waals surface area contributed by atoms with Crippen LogP contribution in [0, 0.1) is 0 Å². The summed E-state index contributed by atoms with van der Waals surface area (Å²) in [5.74, 6) is 1.08. The molecular weight excluding hydrogens is 202 g/mol. The van der Waals surface area contributed by atoms with Crippen LogP contribution in [0.5, 0.6) is 0 Å². The van der Waals surface area contributed by atoms with Crippen molar-refractivity contribution in [2.75, 3.05) is 5.32 Å². The topological polar surface area (TPSA) is 57.8 Å². The van der Waals surface area contributed by atoms with Crippen molar-refractivity contribution in [1.29, 1.82) is 0 Å². The van der Waals surface area contributed by atoms with Crippen molar-refractivity contribution in [1.82, 2.24) is 10.2 Å². The van der Waals surface area contributed by atoms with E-state index < -0.39 is 0 Å². The second-order valence-corrected chi connectivity index (χ2v) is 4.37. The molecule has 0 aromatic carbocycles. The Bertz CT molecular complexity index is 331. The van der Waals surface area contributed by atoms with E-state index >= 15 is 0 Å². The highest BCUT2D eigenvalue weighted by Gasteiger charge is 2.07. The molecule has 0 saturated heterocycles. The lowest BCUT2D eigenvalue weighted by Crippen LogP contribution is -2.11. The van der Waals surface area contributed by atoms with E-state index in [1.807, 2.05) is 6.07 Å². The summed E-state index contributed by atoms with van der Waals surface area (Å²) in [6.45, 7) is 6.29. The van der Waals surface area contributed by atoms with Crippen molar-refractivity contribution in [3.05, 3.63) is 11.8 Å². The number of H-pyrrole nitrogens is 1. The predicted molar refractivity (Wildman–Crippen MR) is 65.4 cm³/mol. The zero-order valence-electron chi connectivity index (χ0n) is 10.3. The molecule has 1 amide bonds. The van der Waals surface area contributed by atoms with Crippen LogP contribution in [0.15, 0.2) is 6.07 Å². The molecule has 0 bridgehead atoms. The zero-order chi connectivity index (χ0) is 12.0. The molecule has 1 aromatic heterocycles.